The van der Waals surface area contributed by atoms with Gasteiger partial charge in [0.2, 0.25) is 0 Å². The van der Waals surface area contributed by atoms with E-state index in [1.807, 2.05) is 6.07 Å². The summed E-state index contributed by atoms with van der Waals surface area (Å²) in [6, 6.07) is 6.26. The molecule has 0 spiro atoms. The molecule has 6 rings (SSSR count). The number of fused-ring (bicyclic) bond motifs is 3. The third-order valence-electron chi connectivity index (χ3n) is 6.06. The van der Waals surface area contributed by atoms with Crippen LogP contribution in [0.25, 0.3) is 10.8 Å². The van der Waals surface area contributed by atoms with Crippen molar-refractivity contribution in [3.8, 4) is 0 Å². The lowest BCUT2D eigenvalue weighted by Crippen LogP contribution is -2.56. The summed E-state index contributed by atoms with van der Waals surface area (Å²) in [7, 11) is 0. The van der Waals surface area contributed by atoms with Gasteiger partial charge in [-0.2, -0.15) is 0 Å². The first kappa shape index (κ1) is 12.0. The molecule has 2 bridgehead atoms. The van der Waals surface area contributed by atoms with Gasteiger partial charge in [-0.1, -0.05) is 12.1 Å². The van der Waals surface area contributed by atoms with Gasteiger partial charge in [0.05, 0.1) is 5.54 Å². The van der Waals surface area contributed by atoms with Gasteiger partial charge in [0.1, 0.15) is 0 Å². The molecule has 3 fully saturated rings. The maximum absolute atomic E-state index is 13.1. The highest BCUT2D eigenvalue weighted by molar-refractivity contribution is 5.89. The Balaban J connectivity index is 1.79. The Morgan fingerprint density at radius 2 is 1.67 bits per heavy atom. The number of pyridine rings is 1. The molecule has 0 N–H and O–H groups in total. The molecule has 108 valence electrons. The van der Waals surface area contributed by atoms with E-state index in [0.29, 0.717) is 0 Å². The van der Waals surface area contributed by atoms with Crippen LogP contribution in [0.3, 0.4) is 0 Å². The second-order valence-corrected chi connectivity index (χ2v) is 6.99. The fourth-order valence-electron chi connectivity index (χ4n) is 4.76. The predicted octanol–water partition coefficient (Wildman–Crippen LogP) is 2.29. The van der Waals surface area contributed by atoms with Gasteiger partial charge in [0, 0.05) is 31.2 Å². The Labute approximate surface area is 124 Å². The van der Waals surface area contributed by atoms with Crippen molar-refractivity contribution < 1.29 is 0 Å². The van der Waals surface area contributed by atoms with E-state index >= 15 is 0 Å². The molecule has 0 radical (unpaired) electrons. The Kier molecular flexibility index (Phi) is 2.27. The lowest BCUT2D eigenvalue weighted by molar-refractivity contribution is 0.0328. The zero-order chi connectivity index (χ0) is 14.0. The Hall–Kier alpha value is -1.61. The van der Waals surface area contributed by atoms with Crippen LogP contribution in [-0.2, 0) is 18.4 Å². The minimum atomic E-state index is 0.0924. The second kappa shape index (κ2) is 3.98. The summed E-state index contributed by atoms with van der Waals surface area (Å²) in [6.45, 7) is 3.46. The number of aryl methyl sites for hydroxylation is 2. The normalized spacial score (nSPS) is 30.2. The molecule has 0 unspecified atom stereocenters. The Morgan fingerprint density at radius 3 is 2.43 bits per heavy atom. The van der Waals surface area contributed by atoms with Crippen LogP contribution in [0, 0.1) is 0 Å². The molecule has 4 aliphatic rings. The van der Waals surface area contributed by atoms with Crippen molar-refractivity contribution in [2.75, 3.05) is 19.6 Å². The van der Waals surface area contributed by atoms with Crippen LogP contribution >= 0.6 is 0 Å². The van der Waals surface area contributed by atoms with Crippen LogP contribution in [0.1, 0.15) is 30.4 Å². The molecular formula is C18H20N2O. The van der Waals surface area contributed by atoms with Crippen molar-refractivity contribution in [2.45, 2.75) is 37.6 Å². The fourth-order valence-corrected chi connectivity index (χ4v) is 4.76. The maximum atomic E-state index is 13.1. The number of piperidine rings is 3. The summed E-state index contributed by atoms with van der Waals surface area (Å²) >= 11 is 0. The number of benzene rings is 1. The highest BCUT2D eigenvalue weighted by Crippen LogP contribution is 2.39. The van der Waals surface area contributed by atoms with E-state index in [9.17, 15) is 4.79 Å². The van der Waals surface area contributed by atoms with Crippen molar-refractivity contribution in [3.63, 3.8) is 0 Å². The first-order valence-electron chi connectivity index (χ1n) is 8.16. The molecule has 3 saturated heterocycles. The van der Waals surface area contributed by atoms with E-state index in [0.717, 1.165) is 57.1 Å². The van der Waals surface area contributed by atoms with Crippen molar-refractivity contribution in [3.05, 3.63) is 45.9 Å². The van der Waals surface area contributed by atoms with Crippen LogP contribution in [-0.4, -0.2) is 29.1 Å². The van der Waals surface area contributed by atoms with Crippen molar-refractivity contribution in [1.82, 2.24) is 9.47 Å². The molecule has 4 heterocycles. The van der Waals surface area contributed by atoms with Crippen LogP contribution in [0.2, 0.25) is 0 Å². The zero-order valence-corrected chi connectivity index (χ0v) is 12.3. The summed E-state index contributed by atoms with van der Waals surface area (Å²) in [6.07, 6.45) is 7.81. The van der Waals surface area contributed by atoms with Gasteiger partial charge in [-0.3, -0.25) is 4.79 Å². The molecule has 3 aliphatic heterocycles. The lowest BCUT2D eigenvalue weighted by atomic mass is 9.79. The van der Waals surface area contributed by atoms with E-state index in [-0.39, 0.29) is 11.1 Å². The van der Waals surface area contributed by atoms with Gasteiger partial charge < -0.3 is 9.47 Å². The van der Waals surface area contributed by atoms with Crippen LogP contribution in [0.5, 0.6) is 0 Å². The number of hydrogen-bond acceptors (Lipinski definition) is 2. The number of aromatic nitrogens is 1. The summed E-state index contributed by atoms with van der Waals surface area (Å²) in [5, 5.41) is 2.20. The highest BCUT2D eigenvalue weighted by atomic mass is 16.1. The number of rotatable bonds is 1. The first-order valence-corrected chi connectivity index (χ1v) is 8.16. The van der Waals surface area contributed by atoms with Gasteiger partial charge in [0.25, 0.3) is 5.56 Å². The minimum Gasteiger partial charge on any atom is -0.308 e. The van der Waals surface area contributed by atoms with Crippen LogP contribution < -0.4 is 5.56 Å². The monoisotopic (exact) mass is 280 g/mol. The van der Waals surface area contributed by atoms with Crippen molar-refractivity contribution >= 4 is 10.8 Å². The third kappa shape index (κ3) is 1.50. The molecule has 2 aromatic rings. The average molecular weight is 280 g/mol. The molecule has 0 amide bonds. The molecule has 21 heavy (non-hydrogen) atoms. The Bertz CT molecular complexity index is 783. The average Bonchev–Trinajstić information content (AvgIpc) is 2.97. The molecular weight excluding hydrogens is 260 g/mol. The van der Waals surface area contributed by atoms with E-state index < -0.39 is 0 Å². The number of nitrogens with zero attached hydrogens (tertiary/aromatic N) is 2. The molecule has 1 aliphatic carbocycles. The van der Waals surface area contributed by atoms with Gasteiger partial charge in [0.15, 0.2) is 0 Å². The smallest absolute Gasteiger partial charge is 0.258 e. The van der Waals surface area contributed by atoms with Gasteiger partial charge in [-0.05, 0) is 54.7 Å². The quantitative estimate of drug-likeness (QED) is 0.801. The van der Waals surface area contributed by atoms with E-state index in [1.54, 1.807) is 0 Å². The molecule has 3 heteroatoms. The van der Waals surface area contributed by atoms with Gasteiger partial charge >= 0.3 is 0 Å². The second-order valence-electron chi connectivity index (χ2n) is 6.99. The summed E-state index contributed by atoms with van der Waals surface area (Å²) in [4.78, 5) is 15.6. The highest BCUT2D eigenvalue weighted by Gasteiger charge is 2.41. The predicted molar refractivity (Wildman–Crippen MR) is 83.9 cm³/mol. The third-order valence-corrected chi connectivity index (χ3v) is 6.06. The molecule has 1 aromatic heterocycles. The van der Waals surface area contributed by atoms with Gasteiger partial charge in [-0.25, -0.2) is 0 Å². The summed E-state index contributed by atoms with van der Waals surface area (Å²) in [5.74, 6) is 0. The minimum absolute atomic E-state index is 0.0924. The molecule has 0 atom stereocenters. The van der Waals surface area contributed by atoms with E-state index in [4.69, 9.17) is 0 Å². The lowest BCUT2D eigenvalue weighted by Gasteiger charge is -2.49. The van der Waals surface area contributed by atoms with Crippen molar-refractivity contribution in [1.29, 1.82) is 0 Å². The largest absolute Gasteiger partial charge is 0.308 e. The van der Waals surface area contributed by atoms with Gasteiger partial charge in [-0.15, -0.1) is 0 Å². The number of hydrogen-bond donors (Lipinski definition) is 0. The fraction of sp³-hybridized carbons (Fsp3) is 0.500. The molecule has 0 saturated carbocycles. The van der Waals surface area contributed by atoms with E-state index in [1.165, 1.54) is 16.5 Å². The maximum Gasteiger partial charge on any atom is 0.258 e. The van der Waals surface area contributed by atoms with Crippen molar-refractivity contribution in [2.24, 2.45) is 0 Å². The summed E-state index contributed by atoms with van der Waals surface area (Å²) in [5.41, 5.74) is 3.09. The van der Waals surface area contributed by atoms with Crippen LogP contribution in [0.4, 0.5) is 0 Å². The molecule has 3 nitrogen and oxygen atoms in total. The topological polar surface area (TPSA) is 25.2 Å². The SMILES string of the molecule is O=c1c2cccc3c2c(cn1C12CCN(CC1)CC2)CC3. The summed E-state index contributed by atoms with van der Waals surface area (Å²) < 4.78 is 2.14. The van der Waals surface area contributed by atoms with E-state index in [2.05, 4.69) is 27.8 Å². The Morgan fingerprint density at radius 1 is 0.952 bits per heavy atom. The van der Waals surface area contributed by atoms with Crippen LogP contribution in [0.15, 0.2) is 29.2 Å². The zero-order valence-electron chi connectivity index (χ0n) is 12.3. The first-order chi connectivity index (χ1) is 10.3. The standard InChI is InChI=1S/C18H20N2O/c21-17-15-3-1-2-13-4-5-14(16(13)15)12-20(17)18-6-9-19(10-7-18)11-8-18/h1-3,12H,4-11H2. The molecule has 1 aromatic carbocycles.